The van der Waals surface area contributed by atoms with E-state index in [9.17, 15) is 4.79 Å². The van der Waals surface area contributed by atoms with E-state index in [-0.39, 0.29) is 5.91 Å². The molecule has 1 aliphatic heterocycles. The Morgan fingerprint density at radius 3 is 3.15 bits per heavy atom. The SMILES string of the molecule is COc1ccc2c(c1)ONC(=O)C2. The van der Waals surface area contributed by atoms with E-state index in [4.69, 9.17) is 9.57 Å². The Balaban J connectivity index is 2.36. The van der Waals surface area contributed by atoms with Crippen LogP contribution in [0.2, 0.25) is 0 Å². The Labute approximate surface area is 75.4 Å². The third-order valence-corrected chi connectivity index (χ3v) is 1.90. The van der Waals surface area contributed by atoms with Gasteiger partial charge in [-0.25, -0.2) is 0 Å². The average molecular weight is 179 g/mol. The van der Waals surface area contributed by atoms with Gasteiger partial charge in [0.25, 0.3) is 5.91 Å². The normalized spacial score (nSPS) is 14.1. The number of benzene rings is 1. The van der Waals surface area contributed by atoms with Crippen molar-refractivity contribution in [1.29, 1.82) is 0 Å². The fourth-order valence-corrected chi connectivity index (χ4v) is 1.22. The summed E-state index contributed by atoms with van der Waals surface area (Å²) in [4.78, 5) is 15.9. The molecular weight excluding hydrogens is 170 g/mol. The number of hydroxylamine groups is 1. The van der Waals surface area contributed by atoms with Crippen LogP contribution in [0.15, 0.2) is 18.2 Å². The zero-order valence-electron chi connectivity index (χ0n) is 7.16. The molecule has 0 saturated carbocycles. The standard InChI is InChI=1S/C9H9NO3/c1-12-7-3-2-6-4-9(11)10-13-8(6)5-7/h2-3,5H,4H2,1H3,(H,10,11). The summed E-state index contributed by atoms with van der Waals surface area (Å²) in [5.41, 5.74) is 3.17. The van der Waals surface area contributed by atoms with Crippen LogP contribution in [-0.4, -0.2) is 13.0 Å². The van der Waals surface area contributed by atoms with Crippen molar-refractivity contribution >= 4 is 5.91 Å². The summed E-state index contributed by atoms with van der Waals surface area (Å²) in [5.74, 6) is 1.24. The topological polar surface area (TPSA) is 47.6 Å². The van der Waals surface area contributed by atoms with Crippen LogP contribution < -0.4 is 15.1 Å². The van der Waals surface area contributed by atoms with Gasteiger partial charge in [0.15, 0.2) is 5.75 Å². The van der Waals surface area contributed by atoms with Gasteiger partial charge in [-0.2, -0.15) is 5.48 Å². The van der Waals surface area contributed by atoms with Gasteiger partial charge in [0.2, 0.25) is 0 Å². The quantitative estimate of drug-likeness (QED) is 0.689. The highest BCUT2D eigenvalue weighted by Crippen LogP contribution is 2.26. The summed E-state index contributed by atoms with van der Waals surface area (Å²) < 4.78 is 5.01. The second-order valence-corrected chi connectivity index (χ2v) is 2.78. The molecule has 1 amide bonds. The molecular formula is C9H9NO3. The van der Waals surface area contributed by atoms with E-state index in [1.807, 2.05) is 6.07 Å². The number of amides is 1. The maximum Gasteiger partial charge on any atom is 0.257 e. The number of carbonyl (C=O) groups excluding carboxylic acids is 1. The van der Waals surface area contributed by atoms with Crippen molar-refractivity contribution in [2.24, 2.45) is 0 Å². The number of fused-ring (bicyclic) bond motifs is 1. The van der Waals surface area contributed by atoms with Crippen LogP contribution in [0.1, 0.15) is 5.56 Å². The maximum atomic E-state index is 10.9. The molecule has 68 valence electrons. The van der Waals surface area contributed by atoms with Gasteiger partial charge in [-0.15, -0.1) is 0 Å². The molecule has 0 unspecified atom stereocenters. The fourth-order valence-electron chi connectivity index (χ4n) is 1.22. The molecule has 0 saturated heterocycles. The minimum Gasteiger partial charge on any atom is -0.497 e. The molecule has 4 nitrogen and oxygen atoms in total. The van der Waals surface area contributed by atoms with Gasteiger partial charge in [0.05, 0.1) is 13.5 Å². The zero-order chi connectivity index (χ0) is 9.26. The fraction of sp³-hybridized carbons (Fsp3) is 0.222. The lowest BCUT2D eigenvalue weighted by molar-refractivity contribution is -0.128. The molecule has 2 rings (SSSR count). The molecule has 0 spiro atoms. The number of hydrogen-bond acceptors (Lipinski definition) is 3. The lowest BCUT2D eigenvalue weighted by atomic mass is 10.1. The maximum absolute atomic E-state index is 10.9. The predicted molar refractivity (Wildman–Crippen MR) is 45.5 cm³/mol. The summed E-state index contributed by atoms with van der Waals surface area (Å²) in [7, 11) is 1.59. The number of ether oxygens (including phenoxy) is 1. The van der Waals surface area contributed by atoms with E-state index in [0.29, 0.717) is 12.2 Å². The van der Waals surface area contributed by atoms with Crippen LogP contribution in [0.5, 0.6) is 11.5 Å². The highest BCUT2D eigenvalue weighted by molar-refractivity contribution is 5.80. The molecule has 0 radical (unpaired) electrons. The van der Waals surface area contributed by atoms with E-state index in [0.717, 1.165) is 11.3 Å². The molecule has 1 aromatic carbocycles. The largest absolute Gasteiger partial charge is 0.497 e. The second kappa shape index (κ2) is 2.97. The Kier molecular flexibility index (Phi) is 1.81. The van der Waals surface area contributed by atoms with Crippen molar-refractivity contribution in [1.82, 2.24) is 5.48 Å². The number of methoxy groups -OCH3 is 1. The Bertz CT molecular complexity index is 349. The van der Waals surface area contributed by atoms with Gasteiger partial charge in [-0.05, 0) is 6.07 Å². The monoisotopic (exact) mass is 179 g/mol. The molecule has 13 heavy (non-hydrogen) atoms. The first-order chi connectivity index (χ1) is 6.29. The first-order valence-electron chi connectivity index (χ1n) is 3.92. The first kappa shape index (κ1) is 7.91. The Hall–Kier alpha value is -1.71. The highest BCUT2D eigenvalue weighted by atomic mass is 16.7. The minimum atomic E-state index is -0.127. The van der Waals surface area contributed by atoms with E-state index >= 15 is 0 Å². The number of nitrogens with one attached hydrogen (secondary N) is 1. The van der Waals surface area contributed by atoms with Crippen molar-refractivity contribution in [2.45, 2.75) is 6.42 Å². The predicted octanol–water partition coefficient (Wildman–Crippen LogP) is 0.661. The van der Waals surface area contributed by atoms with Crippen LogP contribution in [0.25, 0.3) is 0 Å². The lowest BCUT2D eigenvalue weighted by Gasteiger charge is -2.16. The smallest absolute Gasteiger partial charge is 0.257 e. The van der Waals surface area contributed by atoms with Crippen LogP contribution in [-0.2, 0) is 11.2 Å². The van der Waals surface area contributed by atoms with Gasteiger partial charge in [-0.3, -0.25) is 4.79 Å². The van der Waals surface area contributed by atoms with Crippen molar-refractivity contribution in [3.63, 3.8) is 0 Å². The van der Waals surface area contributed by atoms with Crippen LogP contribution >= 0.6 is 0 Å². The van der Waals surface area contributed by atoms with Gasteiger partial charge >= 0.3 is 0 Å². The minimum absolute atomic E-state index is 0.127. The molecule has 0 atom stereocenters. The van der Waals surface area contributed by atoms with Gasteiger partial charge in [0.1, 0.15) is 5.75 Å². The molecule has 0 bridgehead atoms. The van der Waals surface area contributed by atoms with E-state index < -0.39 is 0 Å². The molecule has 1 N–H and O–H groups in total. The summed E-state index contributed by atoms with van der Waals surface area (Å²) in [6, 6.07) is 5.38. The van der Waals surface area contributed by atoms with Gasteiger partial charge < -0.3 is 9.57 Å². The van der Waals surface area contributed by atoms with Crippen molar-refractivity contribution in [2.75, 3.05) is 7.11 Å². The van der Waals surface area contributed by atoms with Crippen molar-refractivity contribution in [3.05, 3.63) is 23.8 Å². The molecule has 4 heteroatoms. The second-order valence-electron chi connectivity index (χ2n) is 2.78. The molecule has 1 heterocycles. The van der Waals surface area contributed by atoms with Gasteiger partial charge in [0, 0.05) is 11.6 Å². The number of rotatable bonds is 1. The summed E-state index contributed by atoms with van der Waals surface area (Å²) in [6.45, 7) is 0. The molecule has 0 fully saturated rings. The van der Waals surface area contributed by atoms with Crippen molar-refractivity contribution < 1.29 is 14.4 Å². The highest BCUT2D eigenvalue weighted by Gasteiger charge is 2.16. The van der Waals surface area contributed by atoms with Crippen LogP contribution in [0.4, 0.5) is 0 Å². The Morgan fingerprint density at radius 1 is 1.54 bits per heavy atom. The van der Waals surface area contributed by atoms with Gasteiger partial charge in [-0.1, -0.05) is 6.07 Å². The molecule has 0 aromatic heterocycles. The zero-order valence-corrected chi connectivity index (χ0v) is 7.16. The van der Waals surface area contributed by atoms with E-state index in [2.05, 4.69) is 5.48 Å². The first-order valence-corrected chi connectivity index (χ1v) is 3.92. The van der Waals surface area contributed by atoms with E-state index in [1.54, 1.807) is 19.2 Å². The summed E-state index contributed by atoms with van der Waals surface area (Å²) in [5, 5.41) is 0. The van der Waals surface area contributed by atoms with Crippen LogP contribution in [0.3, 0.4) is 0 Å². The Morgan fingerprint density at radius 2 is 2.38 bits per heavy atom. The molecule has 1 aromatic rings. The third-order valence-electron chi connectivity index (χ3n) is 1.90. The molecule has 0 aliphatic carbocycles. The lowest BCUT2D eigenvalue weighted by Crippen LogP contribution is -2.33. The summed E-state index contributed by atoms with van der Waals surface area (Å²) in [6.07, 6.45) is 0.360. The van der Waals surface area contributed by atoms with E-state index in [1.165, 1.54) is 0 Å². The summed E-state index contributed by atoms with van der Waals surface area (Å²) >= 11 is 0. The average Bonchev–Trinajstić information content (AvgIpc) is 2.17. The van der Waals surface area contributed by atoms with Crippen molar-refractivity contribution in [3.8, 4) is 11.5 Å². The third kappa shape index (κ3) is 1.42. The van der Waals surface area contributed by atoms with Crippen LogP contribution in [0, 0.1) is 0 Å². The number of hydrogen-bond donors (Lipinski definition) is 1. The molecule has 1 aliphatic rings. The number of carbonyl (C=O) groups is 1.